The van der Waals surface area contributed by atoms with Crippen LogP contribution in [0.2, 0.25) is 0 Å². The molecule has 0 rings (SSSR count). The van der Waals surface area contributed by atoms with Gasteiger partial charge in [0.2, 0.25) is 0 Å². The van der Waals surface area contributed by atoms with Gasteiger partial charge in [0, 0.05) is 18.4 Å². The highest BCUT2D eigenvalue weighted by atomic mass is 32.2. The fourth-order valence-electron chi connectivity index (χ4n) is 0.593. The molecule has 1 nitrogen and oxygen atoms in total. The second-order valence-electron chi connectivity index (χ2n) is 2.66. The summed E-state index contributed by atoms with van der Waals surface area (Å²) in [5.74, 6) is 3.14. The highest BCUT2D eigenvalue weighted by Crippen LogP contribution is 2.10. The van der Waals surface area contributed by atoms with Crippen molar-refractivity contribution < 1.29 is 4.79 Å². The van der Waals surface area contributed by atoms with Gasteiger partial charge in [0.1, 0.15) is 0 Å². The Bertz CT molecular complexity index is 137. The van der Waals surface area contributed by atoms with E-state index >= 15 is 0 Å². The van der Waals surface area contributed by atoms with Crippen molar-refractivity contribution in [2.45, 2.75) is 20.3 Å². The van der Waals surface area contributed by atoms with Gasteiger partial charge in [-0.2, -0.15) is 11.8 Å². The highest BCUT2D eigenvalue weighted by molar-refractivity contribution is 8.14. The molecule has 70 valence electrons. The molecule has 0 aliphatic carbocycles. The predicted molar refractivity (Wildman–Crippen MR) is 59.9 cm³/mol. The first kappa shape index (κ1) is 12.1. The molecule has 0 amide bonds. The number of carbonyl (C=O) groups excluding carboxylic acids is 1. The summed E-state index contributed by atoms with van der Waals surface area (Å²) in [5.41, 5.74) is 1.24. The summed E-state index contributed by atoms with van der Waals surface area (Å²) in [5, 5.41) is 0.218. The summed E-state index contributed by atoms with van der Waals surface area (Å²) in [6.45, 7) is 7.49. The average Bonchev–Trinajstić information content (AvgIpc) is 1.95. The molecule has 0 aromatic carbocycles. The lowest BCUT2D eigenvalue weighted by molar-refractivity contribution is -0.109. The molecule has 0 spiro atoms. The Labute approximate surface area is 83.4 Å². The number of carbonyl (C=O) groups is 1. The van der Waals surface area contributed by atoms with E-state index in [9.17, 15) is 4.79 Å². The maximum atomic E-state index is 10.5. The third kappa shape index (κ3) is 10.1. The molecule has 0 atom stereocenters. The first-order valence-electron chi connectivity index (χ1n) is 3.98. The van der Waals surface area contributed by atoms with Crippen molar-refractivity contribution in [2.75, 3.05) is 17.3 Å². The Hall–Kier alpha value is 0.110. The van der Waals surface area contributed by atoms with Crippen LogP contribution in [0.4, 0.5) is 0 Å². The van der Waals surface area contributed by atoms with Crippen molar-refractivity contribution in [2.24, 2.45) is 0 Å². The monoisotopic (exact) mass is 204 g/mol. The van der Waals surface area contributed by atoms with Gasteiger partial charge in [-0.05, 0) is 19.1 Å². The zero-order valence-electron chi connectivity index (χ0n) is 7.76. The normalized spacial score (nSPS) is 9.83. The Morgan fingerprint density at radius 1 is 1.25 bits per heavy atom. The van der Waals surface area contributed by atoms with Gasteiger partial charge in [-0.3, -0.25) is 4.79 Å². The van der Waals surface area contributed by atoms with Crippen LogP contribution in [-0.4, -0.2) is 22.4 Å². The van der Waals surface area contributed by atoms with Crippen LogP contribution >= 0.6 is 23.5 Å². The second-order valence-corrected chi connectivity index (χ2v) is 5.16. The fourth-order valence-corrected chi connectivity index (χ4v) is 2.38. The number of rotatable bonds is 6. The smallest absolute Gasteiger partial charge is 0.185 e. The van der Waals surface area contributed by atoms with Gasteiger partial charge in [0.05, 0.1) is 0 Å². The van der Waals surface area contributed by atoms with Crippen molar-refractivity contribution in [1.29, 1.82) is 0 Å². The Balaban J connectivity index is 3.01. The van der Waals surface area contributed by atoms with Gasteiger partial charge < -0.3 is 0 Å². The topological polar surface area (TPSA) is 17.1 Å². The van der Waals surface area contributed by atoms with E-state index in [2.05, 4.69) is 6.58 Å². The van der Waals surface area contributed by atoms with E-state index in [1.807, 2.05) is 18.7 Å². The number of hydrogen-bond donors (Lipinski definition) is 0. The van der Waals surface area contributed by atoms with Crippen LogP contribution in [0, 0.1) is 0 Å². The summed E-state index contributed by atoms with van der Waals surface area (Å²) in [6, 6.07) is 0. The lowest BCUT2D eigenvalue weighted by Crippen LogP contribution is -1.90. The maximum absolute atomic E-state index is 10.5. The summed E-state index contributed by atoms with van der Waals surface area (Å²) in [4.78, 5) is 10.5. The summed E-state index contributed by atoms with van der Waals surface area (Å²) < 4.78 is 0. The number of allylic oxidation sites excluding steroid dienone is 1. The molecule has 0 radical (unpaired) electrons. The van der Waals surface area contributed by atoms with Crippen molar-refractivity contribution >= 4 is 28.6 Å². The van der Waals surface area contributed by atoms with Crippen LogP contribution in [0.15, 0.2) is 12.2 Å². The zero-order valence-corrected chi connectivity index (χ0v) is 9.39. The molecule has 3 heteroatoms. The first-order chi connectivity index (χ1) is 5.63. The Morgan fingerprint density at radius 3 is 2.42 bits per heavy atom. The molecule has 0 bridgehead atoms. The zero-order chi connectivity index (χ0) is 9.40. The molecule has 0 aliphatic heterocycles. The fraction of sp³-hybridized carbons (Fsp3) is 0.667. The Morgan fingerprint density at radius 2 is 1.92 bits per heavy atom. The Kier molecular flexibility index (Phi) is 7.81. The molecule has 0 aromatic rings. The van der Waals surface area contributed by atoms with Crippen molar-refractivity contribution in [1.82, 2.24) is 0 Å². The van der Waals surface area contributed by atoms with E-state index in [-0.39, 0.29) is 5.12 Å². The van der Waals surface area contributed by atoms with E-state index in [1.54, 1.807) is 6.92 Å². The third-order valence-corrected chi connectivity index (χ3v) is 3.26. The van der Waals surface area contributed by atoms with Gasteiger partial charge in [-0.15, -0.1) is 6.58 Å². The summed E-state index contributed by atoms with van der Waals surface area (Å²) in [6.07, 6.45) is 1.09. The molecule has 0 saturated heterocycles. The van der Waals surface area contributed by atoms with Crippen molar-refractivity contribution in [3.8, 4) is 0 Å². The molecule has 0 aliphatic rings. The molecule has 0 heterocycles. The van der Waals surface area contributed by atoms with Gasteiger partial charge in [-0.1, -0.05) is 17.3 Å². The van der Waals surface area contributed by atoms with Crippen LogP contribution in [0.1, 0.15) is 20.3 Å². The molecule has 0 saturated carbocycles. The minimum absolute atomic E-state index is 0.218. The van der Waals surface area contributed by atoms with E-state index in [0.29, 0.717) is 0 Å². The first-order valence-corrected chi connectivity index (χ1v) is 6.12. The van der Waals surface area contributed by atoms with Crippen molar-refractivity contribution in [3.63, 3.8) is 0 Å². The molecule has 0 N–H and O–H groups in total. The van der Waals surface area contributed by atoms with E-state index in [1.165, 1.54) is 17.3 Å². The SMILES string of the molecule is C=C(C)CCSCCSC(C)=O. The lowest BCUT2D eigenvalue weighted by Gasteiger charge is -1.99. The van der Waals surface area contributed by atoms with Crippen LogP contribution in [-0.2, 0) is 4.79 Å². The van der Waals surface area contributed by atoms with Crippen LogP contribution < -0.4 is 0 Å². The van der Waals surface area contributed by atoms with Gasteiger partial charge >= 0.3 is 0 Å². The maximum Gasteiger partial charge on any atom is 0.185 e. The molecule has 0 aromatic heterocycles. The molecular formula is C9H16OS2. The largest absolute Gasteiger partial charge is 0.288 e. The second kappa shape index (κ2) is 7.74. The molecule has 0 fully saturated rings. The predicted octanol–water partition coefficient (Wildman–Crippen LogP) is 2.97. The quantitative estimate of drug-likeness (QED) is 0.489. The van der Waals surface area contributed by atoms with E-state index in [4.69, 9.17) is 0 Å². The number of thioether (sulfide) groups is 2. The van der Waals surface area contributed by atoms with Crippen molar-refractivity contribution in [3.05, 3.63) is 12.2 Å². The third-order valence-electron chi connectivity index (χ3n) is 1.21. The summed E-state index contributed by atoms with van der Waals surface area (Å²) >= 11 is 3.30. The number of hydrogen-bond acceptors (Lipinski definition) is 3. The summed E-state index contributed by atoms with van der Waals surface area (Å²) in [7, 11) is 0. The van der Waals surface area contributed by atoms with Crippen LogP contribution in [0.3, 0.4) is 0 Å². The molecule has 12 heavy (non-hydrogen) atoms. The average molecular weight is 204 g/mol. The lowest BCUT2D eigenvalue weighted by atomic mass is 10.3. The van der Waals surface area contributed by atoms with Gasteiger partial charge in [0.25, 0.3) is 0 Å². The standard InChI is InChI=1S/C9H16OS2/c1-8(2)4-5-11-6-7-12-9(3)10/h1,4-7H2,2-3H3. The van der Waals surface area contributed by atoms with Crippen LogP contribution in [0.25, 0.3) is 0 Å². The minimum Gasteiger partial charge on any atom is -0.288 e. The van der Waals surface area contributed by atoms with E-state index in [0.717, 1.165) is 23.7 Å². The van der Waals surface area contributed by atoms with E-state index < -0.39 is 0 Å². The van der Waals surface area contributed by atoms with Crippen LogP contribution in [0.5, 0.6) is 0 Å². The minimum atomic E-state index is 0.218. The highest BCUT2D eigenvalue weighted by Gasteiger charge is 1.94. The van der Waals surface area contributed by atoms with Gasteiger partial charge in [-0.25, -0.2) is 0 Å². The molecule has 0 unspecified atom stereocenters. The molecular weight excluding hydrogens is 188 g/mol. The van der Waals surface area contributed by atoms with Gasteiger partial charge in [0.15, 0.2) is 5.12 Å².